The van der Waals surface area contributed by atoms with E-state index in [0.717, 1.165) is 25.4 Å². The zero-order valence-corrected chi connectivity index (χ0v) is 7.86. The highest BCUT2D eigenvalue weighted by molar-refractivity contribution is 5.15. The van der Waals surface area contributed by atoms with E-state index in [1.165, 1.54) is 5.56 Å². The number of likely N-dealkylation sites (tertiary alicyclic amines) is 1. The van der Waals surface area contributed by atoms with Crippen molar-refractivity contribution < 1.29 is 9.52 Å². The lowest BCUT2D eigenvalue weighted by Crippen LogP contribution is -2.47. The van der Waals surface area contributed by atoms with E-state index in [0.29, 0.717) is 12.5 Å². The molecule has 0 bridgehead atoms. The van der Waals surface area contributed by atoms with Crippen LogP contribution in [0.3, 0.4) is 0 Å². The third-order valence-electron chi connectivity index (χ3n) is 2.65. The molecule has 1 aliphatic heterocycles. The number of aliphatic hydroxyl groups excluding tert-OH is 1. The molecule has 1 aromatic rings. The Labute approximate surface area is 78.0 Å². The van der Waals surface area contributed by atoms with Gasteiger partial charge in [0.1, 0.15) is 5.76 Å². The first-order valence-electron chi connectivity index (χ1n) is 4.66. The van der Waals surface area contributed by atoms with Crippen LogP contribution in [-0.4, -0.2) is 29.7 Å². The summed E-state index contributed by atoms with van der Waals surface area (Å²) in [6.07, 6.45) is 1.73. The van der Waals surface area contributed by atoms with Gasteiger partial charge in [-0.3, -0.25) is 4.90 Å². The Kier molecular flexibility index (Phi) is 2.38. The summed E-state index contributed by atoms with van der Waals surface area (Å²) >= 11 is 0. The highest BCUT2D eigenvalue weighted by atomic mass is 16.3. The molecule has 0 unspecified atom stereocenters. The molecule has 3 heteroatoms. The molecule has 0 amide bonds. The minimum absolute atomic E-state index is 0.320. The van der Waals surface area contributed by atoms with Crippen molar-refractivity contribution in [3.8, 4) is 0 Å². The van der Waals surface area contributed by atoms with Gasteiger partial charge in [-0.2, -0.15) is 0 Å². The average Bonchev–Trinajstić information content (AvgIpc) is 2.43. The molecule has 0 spiro atoms. The number of furan rings is 1. The molecule has 1 aromatic heterocycles. The molecule has 1 N–H and O–H groups in total. The van der Waals surface area contributed by atoms with Crippen LogP contribution in [0.1, 0.15) is 11.3 Å². The van der Waals surface area contributed by atoms with Gasteiger partial charge < -0.3 is 9.52 Å². The van der Waals surface area contributed by atoms with E-state index in [-0.39, 0.29) is 0 Å². The van der Waals surface area contributed by atoms with Crippen molar-refractivity contribution in [1.29, 1.82) is 0 Å². The van der Waals surface area contributed by atoms with Crippen LogP contribution in [-0.2, 0) is 6.54 Å². The number of aliphatic hydroxyl groups is 1. The van der Waals surface area contributed by atoms with E-state index in [2.05, 4.69) is 4.90 Å². The number of nitrogens with zero attached hydrogens (tertiary/aromatic N) is 1. The summed E-state index contributed by atoms with van der Waals surface area (Å²) in [5, 5.41) is 8.84. The molecular formula is C10H15NO2. The Morgan fingerprint density at radius 2 is 2.38 bits per heavy atom. The standard InChI is InChI=1S/C10H15NO2/c1-8-10(2-3-13-8)6-11-4-9(5-11)7-12/h2-3,9,12H,4-7H2,1H3. The fourth-order valence-corrected chi connectivity index (χ4v) is 1.74. The van der Waals surface area contributed by atoms with Crippen molar-refractivity contribution in [3.63, 3.8) is 0 Å². The first kappa shape index (κ1) is 8.78. The van der Waals surface area contributed by atoms with Gasteiger partial charge in [0.05, 0.1) is 6.26 Å². The van der Waals surface area contributed by atoms with Gasteiger partial charge >= 0.3 is 0 Å². The largest absolute Gasteiger partial charge is 0.469 e. The second-order valence-electron chi connectivity index (χ2n) is 3.74. The molecule has 0 saturated carbocycles. The van der Waals surface area contributed by atoms with Crippen LogP contribution in [0.4, 0.5) is 0 Å². The maximum Gasteiger partial charge on any atom is 0.105 e. The first-order chi connectivity index (χ1) is 6.29. The zero-order chi connectivity index (χ0) is 9.26. The second kappa shape index (κ2) is 3.52. The van der Waals surface area contributed by atoms with E-state index >= 15 is 0 Å². The normalized spacial score (nSPS) is 18.9. The van der Waals surface area contributed by atoms with Gasteiger partial charge in [-0.15, -0.1) is 0 Å². The number of rotatable bonds is 3. The molecule has 3 nitrogen and oxygen atoms in total. The monoisotopic (exact) mass is 181 g/mol. The van der Waals surface area contributed by atoms with Gasteiger partial charge in [0.15, 0.2) is 0 Å². The van der Waals surface area contributed by atoms with Crippen LogP contribution in [0.2, 0.25) is 0 Å². The minimum atomic E-state index is 0.320. The summed E-state index contributed by atoms with van der Waals surface area (Å²) in [4.78, 5) is 2.32. The van der Waals surface area contributed by atoms with Crippen LogP contribution in [0.25, 0.3) is 0 Å². The predicted octanol–water partition coefficient (Wildman–Crippen LogP) is 1.01. The van der Waals surface area contributed by atoms with Crippen LogP contribution in [0.5, 0.6) is 0 Å². The third-order valence-corrected chi connectivity index (χ3v) is 2.65. The molecule has 1 aliphatic rings. The van der Waals surface area contributed by atoms with Gasteiger partial charge in [-0.1, -0.05) is 0 Å². The SMILES string of the molecule is Cc1occc1CN1CC(CO)C1. The zero-order valence-electron chi connectivity index (χ0n) is 7.86. The lowest BCUT2D eigenvalue weighted by Gasteiger charge is -2.38. The molecule has 0 atom stereocenters. The summed E-state index contributed by atoms with van der Waals surface area (Å²) in [7, 11) is 0. The van der Waals surface area contributed by atoms with E-state index < -0.39 is 0 Å². The van der Waals surface area contributed by atoms with Crippen LogP contribution in [0, 0.1) is 12.8 Å². The van der Waals surface area contributed by atoms with Crippen molar-refractivity contribution in [2.45, 2.75) is 13.5 Å². The third kappa shape index (κ3) is 1.76. The number of aryl methyl sites for hydroxylation is 1. The maximum absolute atomic E-state index is 8.84. The van der Waals surface area contributed by atoms with Gasteiger partial charge in [-0.25, -0.2) is 0 Å². The van der Waals surface area contributed by atoms with Crippen LogP contribution >= 0.6 is 0 Å². The molecule has 0 aliphatic carbocycles. The van der Waals surface area contributed by atoms with Crippen molar-refractivity contribution >= 4 is 0 Å². The molecule has 0 radical (unpaired) electrons. The summed E-state index contributed by atoms with van der Waals surface area (Å²) < 4.78 is 5.21. The summed E-state index contributed by atoms with van der Waals surface area (Å²) in [6.45, 7) is 5.29. The van der Waals surface area contributed by atoms with Crippen LogP contribution < -0.4 is 0 Å². The van der Waals surface area contributed by atoms with Crippen molar-refractivity contribution in [1.82, 2.24) is 4.90 Å². The molecule has 1 saturated heterocycles. The summed E-state index contributed by atoms with van der Waals surface area (Å²) in [6, 6.07) is 2.02. The molecule has 1 fully saturated rings. The van der Waals surface area contributed by atoms with Gasteiger partial charge in [0.25, 0.3) is 0 Å². The van der Waals surface area contributed by atoms with E-state index in [1.54, 1.807) is 6.26 Å². The Hall–Kier alpha value is -0.800. The average molecular weight is 181 g/mol. The molecular weight excluding hydrogens is 166 g/mol. The van der Waals surface area contributed by atoms with Gasteiger partial charge in [0.2, 0.25) is 0 Å². The summed E-state index contributed by atoms with van der Waals surface area (Å²) in [5.74, 6) is 1.50. The lowest BCUT2D eigenvalue weighted by atomic mass is 10.0. The van der Waals surface area contributed by atoms with E-state index in [1.807, 2.05) is 13.0 Å². The quantitative estimate of drug-likeness (QED) is 0.756. The highest BCUT2D eigenvalue weighted by Gasteiger charge is 2.26. The Morgan fingerprint density at radius 1 is 1.62 bits per heavy atom. The van der Waals surface area contributed by atoms with E-state index in [4.69, 9.17) is 9.52 Å². The first-order valence-corrected chi connectivity index (χ1v) is 4.66. The van der Waals surface area contributed by atoms with Crippen molar-refractivity contribution in [2.24, 2.45) is 5.92 Å². The van der Waals surface area contributed by atoms with Gasteiger partial charge in [0, 0.05) is 37.7 Å². The molecule has 2 heterocycles. The fraction of sp³-hybridized carbons (Fsp3) is 0.600. The summed E-state index contributed by atoms with van der Waals surface area (Å²) in [5.41, 5.74) is 1.26. The smallest absolute Gasteiger partial charge is 0.105 e. The fourth-order valence-electron chi connectivity index (χ4n) is 1.74. The predicted molar refractivity (Wildman–Crippen MR) is 49.3 cm³/mol. The van der Waals surface area contributed by atoms with E-state index in [9.17, 15) is 0 Å². The molecule has 0 aromatic carbocycles. The Balaban J connectivity index is 1.84. The van der Waals surface area contributed by atoms with Crippen molar-refractivity contribution in [2.75, 3.05) is 19.7 Å². The Morgan fingerprint density at radius 3 is 2.92 bits per heavy atom. The molecule has 2 rings (SSSR count). The number of hydrogen-bond acceptors (Lipinski definition) is 3. The minimum Gasteiger partial charge on any atom is -0.469 e. The topological polar surface area (TPSA) is 36.6 Å². The van der Waals surface area contributed by atoms with Gasteiger partial charge in [-0.05, 0) is 13.0 Å². The number of hydrogen-bond donors (Lipinski definition) is 1. The van der Waals surface area contributed by atoms with Crippen LogP contribution in [0.15, 0.2) is 16.7 Å². The maximum atomic E-state index is 8.84. The Bertz CT molecular complexity index is 276. The highest BCUT2D eigenvalue weighted by Crippen LogP contribution is 2.19. The second-order valence-corrected chi connectivity index (χ2v) is 3.74. The molecule has 13 heavy (non-hydrogen) atoms. The van der Waals surface area contributed by atoms with Crippen molar-refractivity contribution in [3.05, 3.63) is 23.7 Å². The molecule has 72 valence electrons. The lowest BCUT2D eigenvalue weighted by molar-refractivity contribution is 0.0476.